The molecule has 0 aromatic heterocycles. The Kier molecular flexibility index (Phi) is 4.84. The Bertz CT molecular complexity index is 736. The van der Waals surface area contributed by atoms with E-state index in [1.807, 2.05) is 25.1 Å². The van der Waals surface area contributed by atoms with Gasteiger partial charge in [-0.25, -0.2) is 9.18 Å². The van der Waals surface area contributed by atoms with E-state index in [2.05, 4.69) is 5.32 Å². The highest BCUT2D eigenvalue weighted by atomic mass is 19.1. The summed E-state index contributed by atoms with van der Waals surface area (Å²) in [5, 5.41) is 2.60. The number of hydrogen-bond donors (Lipinski definition) is 1. The van der Waals surface area contributed by atoms with Crippen LogP contribution >= 0.6 is 0 Å². The molecule has 2 aromatic rings. The molecule has 0 radical (unpaired) electrons. The number of nitrogens with zero attached hydrogens (tertiary/aromatic N) is 1. The first-order valence-electron chi connectivity index (χ1n) is 7.86. The van der Waals surface area contributed by atoms with Crippen LogP contribution in [0.5, 0.6) is 11.5 Å². The Hall–Kier alpha value is -2.76. The van der Waals surface area contributed by atoms with Crippen molar-refractivity contribution in [2.45, 2.75) is 13.5 Å². The van der Waals surface area contributed by atoms with Gasteiger partial charge in [-0.15, -0.1) is 0 Å². The van der Waals surface area contributed by atoms with Crippen molar-refractivity contribution in [2.24, 2.45) is 0 Å². The number of ether oxygens (including phenoxy) is 2. The van der Waals surface area contributed by atoms with Crippen molar-refractivity contribution in [1.82, 2.24) is 4.90 Å². The standard InChI is InChI=1S/C18H19FN2O3/c1-2-21(18(22)20-15-6-4-3-5-14(15)19)12-13-7-8-16-17(11-13)24-10-9-23-16/h3-8,11H,2,9-10,12H2,1H3,(H,20,22). The summed E-state index contributed by atoms with van der Waals surface area (Å²) in [7, 11) is 0. The molecule has 0 unspecified atom stereocenters. The van der Waals surface area contributed by atoms with E-state index in [1.165, 1.54) is 12.1 Å². The zero-order chi connectivity index (χ0) is 16.9. The van der Waals surface area contributed by atoms with E-state index in [1.54, 1.807) is 17.0 Å². The Labute approximate surface area is 140 Å². The molecule has 0 aliphatic carbocycles. The molecule has 24 heavy (non-hydrogen) atoms. The van der Waals surface area contributed by atoms with Gasteiger partial charge >= 0.3 is 6.03 Å². The normalized spacial score (nSPS) is 12.6. The van der Waals surface area contributed by atoms with Crippen molar-refractivity contribution in [3.63, 3.8) is 0 Å². The SMILES string of the molecule is CCN(Cc1ccc2c(c1)OCCO2)C(=O)Nc1ccccc1F. The predicted octanol–water partition coefficient (Wildman–Crippen LogP) is 3.65. The summed E-state index contributed by atoms with van der Waals surface area (Å²) in [6.07, 6.45) is 0. The van der Waals surface area contributed by atoms with Gasteiger partial charge in [0.2, 0.25) is 0 Å². The fourth-order valence-electron chi connectivity index (χ4n) is 2.49. The molecular weight excluding hydrogens is 311 g/mol. The maximum atomic E-state index is 13.7. The molecule has 1 aliphatic rings. The van der Waals surface area contributed by atoms with E-state index in [9.17, 15) is 9.18 Å². The monoisotopic (exact) mass is 330 g/mol. The zero-order valence-corrected chi connectivity index (χ0v) is 13.4. The molecule has 2 amide bonds. The Morgan fingerprint density at radius 2 is 1.92 bits per heavy atom. The molecule has 1 aliphatic heterocycles. The van der Waals surface area contributed by atoms with Gasteiger partial charge in [0.15, 0.2) is 11.5 Å². The van der Waals surface area contributed by atoms with E-state index >= 15 is 0 Å². The number of para-hydroxylation sites is 1. The molecule has 2 aromatic carbocycles. The lowest BCUT2D eigenvalue weighted by atomic mass is 10.2. The van der Waals surface area contributed by atoms with Crippen LogP contribution in [0, 0.1) is 5.82 Å². The minimum Gasteiger partial charge on any atom is -0.486 e. The zero-order valence-electron chi connectivity index (χ0n) is 13.4. The minimum atomic E-state index is -0.457. The molecule has 0 atom stereocenters. The Balaban J connectivity index is 1.70. The number of nitrogens with one attached hydrogen (secondary N) is 1. The van der Waals surface area contributed by atoms with Crippen LogP contribution in [-0.2, 0) is 6.54 Å². The summed E-state index contributed by atoms with van der Waals surface area (Å²) in [5.41, 5.74) is 1.09. The first-order chi connectivity index (χ1) is 11.7. The maximum absolute atomic E-state index is 13.7. The molecule has 6 heteroatoms. The number of benzene rings is 2. The number of carbonyl (C=O) groups excluding carboxylic acids is 1. The second kappa shape index (κ2) is 7.21. The number of halogens is 1. The van der Waals surface area contributed by atoms with Crippen molar-refractivity contribution < 1.29 is 18.7 Å². The van der Waals surface area contributed by atoms with Crippen LogP contribution in [0.25, 0.3) is 0 Å². The number of fused-ring (bicyclic) bond motifs is 1. The summed E-state index contributed by atoms with van der Waals surface area (Å²) >= 11 is 0. The molecule has 0 saturated carbocycles. The molecule has 0 bridgehead atoms. The van der Waals surface area contributed by atoms with Gasteiger partial charge < -0.3 is 19.7 Å². The number of carbonyl (C=O) groups is 1. The van der Waals surface area contributed by atoms with Gasteiger partial charge in [-0.3, -0.25) is 0 Å². The number of hydrogen-bond acceptors (Lipinski definition) is 3. The van der Waals surface area contributed by atoms with Crippen molar-refractivity contribution in [3.05, 3.63) is 53.8 Å². The van der Waals surface area contributed by atoms with Crippen molar-refractivity contribution >= 4 is 11.7 Å². The van der Waals surface area contributed by atoms with E-state index < -0.39 is 5.82 Å². The number of urea groups is 1. The molecule has 1 N–H and O–H groups in total. The molecule has 126 valence electrons. The smallest absolute Gasteiger partial charge is 0.322 e. The third-order valence-corrected chi connectivity index (χ3v) is 3.76. The van der Waals surface area contributed by atoms with Crippen LogP contribution in [0.1, 0.15) is 12.5 Å². The summed E-state index contributed by atoms with van der Waals surface area (Å²) in [4.78, 5) is 14.0. The highest BCUT2D eigenvalue weighted by Crippen LogP contribution is 2.31. The van der Waals surface area contributed by atoms with Crippen molar-refractivity contribution in [2.75, 3.05) is 25.1 Å². The van der Waals surface area contributed by atoms with E-state index in [0.717, 1.165) is 5.56 Å². The van der Waals surface area contributed by atoms with Gasteiger partial charge in [0, 0.05) is 13.1 Å². The molecule has 0 fully saturated rings. The molecule has 3 rings (SSSR count). The topological polar surface area (TPSA) is 50.8 Å². The second-order valence-electron chi connectivity index (χ2n) is 5.40. The quantitative estimate of drug-likeness (QED) is 0.931. The summed E-state index contributed by atoms with van der Waals surface area (Å²) < 4.78 is 24.7. The highest BCUT2D eigenvalue weighted by Gasteiger charge is 2.16. The number of anilines is 1. The van der Waals surface area contributed by atoms with Gasteiger partial charge in [-0.05, 0) is 36.8 Å². The fraction of sp³-hybridized carbons (Fsp3) is 0.278. The minimum absolute atomic E-state index is 0.170. The summed E-state index contributed by atoms with van der Waals surface area (Å²) in [6.45, 7) is 3.82. The van der Waals surface area contributed by atoms with Gasteiger partial charge in [0.1, 0.15) is 19.0 Å². The van der Waals surface area contributed by atoms with Gasteiger partial charge in [0.05, 0.1) is 5.69 Å². The van der Waals surface area contributed by atoms with E-state index in [0.29, 0.717) is 37.8 Å². The van der Waals surface area contributed by atoms with Crippen LogP contribution in [0.2, 0.25) is 0 Å². The van der Waals surface area contributed by atoms with Crippen LogP contribution in [0.4, 0.5) is 14.9 Å². The second-order valence-corrected chi connectivity index (χ2v) is 5.40. The molecule has 5 nitrogen and oxygen atoms in total. The Morgan fingerprint density at radius 1 is 1.17 bits per heavy atom. The largest absolute Gasteiger partial charge is 0.486 e. The lowest BCUT2D eigenvalue weighted by Crippen LogP contribution is -2.34. The third kappa shape index (κ3) is 3.59. The van der Waals surface area contributed by atoms with Crippen molar-refractivity contribution in [1.29, 1.82) is 0 Å². The van der Waals surface area contributed by atoms with E-state index in [4.69, 9.17) is 9.47 Å². The Morgan fingerprint density at radius 3 is 2.67 bits per heavy atom. The maximum Gasteiger partial charge on any atom is 0.322 e. The average Bonchev–Trinajstić information content (AvgIpc) is 2.61. The van der Waals surface area contributed by atoms with Crippen LogP contribution in [-0.4, -0.2) is 30.7 Å². The van der Waals surface area contributed by atoms with Gasteiger partial charge in [0.25, 0.3) is 0 Å². The van der Waals surface area contributed by atoms with Crippen molar-refractivity contribution in [3.8, 4) is 11.5 Å². The summed E-state index contributed by atoms with van der Waals surface area (Å²) in [6, 6.07) is 11.4. The first kappa shape index (κ1) is 16.1. The van der Waals surface area contributed by atoms with Gasteiger partial charge in [-0.2, -0.15) is 0 Å². The molecular formula is C18H19FN2O3. The van der Waals surface area contributed by atoms with Crippen LogP contribution < -0.4 is 14.8 Å². The number of rotatable bonds is 4. The van der Waals surface area contributed by atoms with Crippen LogP contribution in [0.3, 0.4) is 0 Å². The molecule has 0 spiro atoms. The average molecular weight is 330 g/mol. The third-order valence-electron chi connectivity index (χ3n) is 3.76. The number of amides is 2. The molecule has 1 heterocycles. The lowest BCUT2D eigenvalue weighted by molar-refractivity contribution is 0.171. The predicted molar refractivity (Wildman–Crippen MR) is 88.9 cm³/mol. The van der Waals surface area contributed by atoms with Gasteiger partial charge in [-0.1, -0.05) is 18.2 Å². The summed E-state index contributed by atoms with van der Waals surface area (Å²) in [5.74, 6) is 0.939. The first-order valence-corrected chi connectivity index (χ1v) is 7.86. The van der Waals surface area contributed by atoms with E-state index in [-0.39, 0.29) is 11.7 Å². The fourth-order valence-corrected chi connectivity index (χ4v) is 2.49. The molecule has 0 saturated heterocycles. The highest BCUT2D eigenvalue weighted by molar-refractivity contribution is 5.89. The lowest BCUT2D eigenvalue weighted by Gasteiger charge is -2.23. The van der Waals surface area contributed by atoms with Crippen LogP contribution in [0.15, 0.2) is 42.5 Å².